The number of ether oxygens (including phenoxy) is 2. The van der Waals surface area contributed by atoms with Gasteiger partial charge in [-0.25, -0.2) is 9.97 Å². The van der Waals surface area contributed by atoms with E-state index in [1.54, 1.807) is 19.2 Å². The molecule has 0 radical (unpaired) electrons. The Hall–Kier alpha value is -3.26. The molecule has 8 heteroatoms. The van der Waals surface area contributed by atoms with E-state index in [4.69, 9.17) is 15.2 Å². The molecule has 1 aromatic carbocycles. The number of rotatable bonds is 7. The van der Waals surface area contributed by atoms with Crippen LogP contribution in [0.2, 0.25) is 0 Å². The summed E-state index contributed by atoms with van der Waals surface area (Å²) in [6.45, 7) is 4.59. The van der Waals surface area contributed by atoms with Gasteiger partial charge < -0.3 is 20.5 Å². The summed E-state index contributed by atoms with van der Waals surface area (Å²) in [4.78, 5) is 25.1. The Bertz CT molecular complexity index is 973. The van der Waals surface area contributed by atoms with Crippen LogP contribution in [0.1, 0.15) is 24.2 Å². The number of hydrogen-bond acceptors (Lipinski definition) is 7. The number of nitrogens with zero attached hydrogens (tertiary/aromatic N) is 3. The van der Waals surface area contributed by atoms with Gasteiger partial charge in [0.2, 0.25) is 11.8 Å². The van der Waals surface area contributed by atoms with E-state index in [9.17, 15) is 4.79 Å². The molecular formula is C20H23N5O3. The molecule has 0 aliphatic heterocycles. The summed E-state index contributed by atoms with van der Waals surface area (Å²) >= 11 is 0. The van der Waals surface area contributed by atoms with E-state index in [2.05, 4.69) is 20.3 Å². The number of carbonyl (C=O) groups excluding carboxylic acids is 1. The first-order chi connectivity index (χ1) is 13.5. The Balaban J connectivity index is 1.92. The largest absolute Gasteiger partial charge is 0.474 e. The zero-order valence-electron chi connectivity index (χ0n) is 16.1. The third-order valence-electron chi connectivity index (χ3n) is 3.92. The fourth-order valence-electron chi connectivity index (χ4n) is 2.63. The molecule has 28 heavy (non-hydrogen) atoms. The standard InChI is InChI=1S/C20H23N5O3/c1-12(2)22-18(26)14-6-4-13(5-7-14)15-8-9-16-17(23-15)19(25-20(21)24-16)28-11-10-27-3/h4-9,12H,10-11H2,1-3H3,(H,22,26)(H2,21,24,25). The van der Waals surface area contributed by atoms with E-state index in [0.717, 1.165) is 5.56 Å². The number of fused-ring (bicyclic) bond motifs is 1. The molecule has 2 heterocycles. The first-order valence-corrected chi connectivity index (χ1v) is 8.95. The molecule has 0 saturated heterocycles. The van der Waals surface area contributed by atoms with Crippen molar-refractivity contribution in [3.8, 4) is 17.1 Å². The van der Waals surface area contributed by atoms with Crippen molar-refractivity contribution in [2.75, 3.05) is 26.1 Å². The van der Waals surface area contributed by atoms with E-state index in [-0.39, 0.29) is 17.9 Å². The Kier molecular flexibility index (Phi) is 6.00. The highest BCUT2D eigenvalue weighted by Gasteiger charge is 2.12. The number of methoxy groups -OCH3 is 1. The van der Waals surface area contributed by atoms with Gasteiger partial charge in [-0.2, -0.15) is 4.98 Å². The molecule has 0 aliphatic rings. The molecule has 2 aromatic heterocycles. The monoisotopic (exact) mass is 381 g/mol. The van der Waals surface area contributed by atoms with Gasteiger partial charge in [0.1, 0.15) is 6.61 Å². The van der Waals surface area contributed by atoms with E-state index < -0.39 is 0 Å². The van der Waals surface area contributed by atoms with Crippen LogP contribution < -0.4 is 15.8 Å². The first-order valence-electron chi connectivity index (χ1n) is 8.95. The van der Waals surface area contributed by atoms with Crippen LogP contribution in [0.3, 0.4) is 0 Å². The average Bonchev–Trinajstić information content (AvgIpc) is 2.67. The molecule has 0 aliphatic carbocycles. The van der Waals surface area contributed by atoms with Gasteiger partial charge in [-0.1, -0.05) is 12.1 Å². The second kappa shape index (κ2) is 8.62. The third-order valence-corrected chi connectivity index (χ3v) is 3.92. The normalized spacial score (nSPS) is 11.0. The number of nitrogens with two attached hydrogens (primary N) is 1. The molecule has 0 spiro atoms. The molecule has 0 atom stereocenters. The maximum Gasteiger partial charge on any atom is 0.251 e. The van der Waals surface area contributed by atoms with Crippen LogP contribution in [-0.2, 0) is 4.74 Å². The quantitative estimate of drug-likeness (QED) is 0.604. The number of hydrogen-bond donors (Lipinski definition) is 2. The zero-order chi connectivity index (χ0) is 20.1. The Morgan fingerprint density at radius 1 is 1.07 bits per heavy atom. The average molecular weight is 381 g/mol. The number of amides is 1. The van der Waals surface area contributed by atoms with Crippen molar-refractivity contribution >= 4 is 22.9 Å². The molecule has 0 bridgehead atoms. The molecule has 3 aromatic rings. The van der Waals surface area contributed by atoms with Crippen LogP contribution in [0.25, 0.3) is 22.3 Å². The van der Waals surface area contributed by atoms with Crippen LogP contribution in [0.15, 0.2) is 36.4 Å². The highest BCUT2D eigenvalue weighted by Crippen LogP contribution is 2.26. The minimum atomic E-state index is -0.106. The topological polar surface area (TPSA) is 112 Å². The number of aromatic nitrogens is 3. The molecule has 8 nitrogen and oxygen atoms in total. The van der Waals surface area contributed by atoms with Crippen LogP contribution in [0.5, 0.6) is 5.88 Å². The van der Waals surface area contributed by atoms with Crippen molar-refractivity contribution < 1.29 is 14.3 Å². The van der Waals surface area contributed by atoms with Gasteiger partial charge in [0.15, 0.2) is 5.52 Å². The van der Waals surface area contributed by atoms with Crippen molar-refractivity contribution in [2.24, 2.45) is 0 Å². The number of pyridine rings is 1. The van der Waals surface area contributed by atoms with Crippen molar-refractivity contribution in [3.63, 3.8) is 0 Å². The van der Waals surface area contributed by atoms with Gasteiger partial charge in [-0.05, 0) is 38.1 Å². The fourth-order valence-corrected chi connectivity index (χ4v) is 2.63. The highest BCUT2D eigenvalue weighted by molar-refractivity contribution is 5.94. The van der Waals surface area contributed by atoms with Gasteiger partial charge in [0.25, 0.3) is 5.91 Å². The van der Waals surface area contributed by atoms with Gasteiger partial charge in [-0.15, -0.1) is 0 Å². The minimum absolute atomic E-state index is 0.0818. The molecule has 0 fully saturated rings. The number of carbonyl (C=O) groups is 1. The second-order valence-electron chi connectivity index (χ2n) is 6.50. The molecule has 3 rings (SSSR count). The van der Waals surface area contributed by atoms with E-state index in [1.165, 1.54) is 0 Å². The lowest BCUT2D eigenvalue weighted by atomic mass is 10.1. The smallest absolute Gasteiger partial charge is 0.251 e. The number of anilines is 1. The fraction of sp³-hybridized carbons (Fsp3) is 0.300. The Morgan fingerprint density at radius 3 is 2.50 bits per heavy atom. The van der Waals surface area contributed by atoms with Crippen molar-refractivity contribution in [1.82, 2.24) is 20.3 Å². The minimum Gasteiger partial charge on any atom is -0.474 e. The predicted octanol–water partition coefficient (Wildman–Crippen LogP) is 2.44. The summed E-state index contributed by atoms with van der Waals surface area (Å²) < 4.78 is 10.6. The summed E-state index contributed by atoms with van der Waals surface area (Å²) in [5.74, 6) is 0.329. The molecule has 146 valence electrons. The van der Waals surface area contributed by atoms with Crippen molar-refractivity contribution in [2.45, 2.75) is 19.9 Å². The van der Waals surface area contributed by atoms with Crippen molar-refractivity contribution in [3.05, 3.63) is 42.0 Å². The molecule has 1 amide bonds. The number of nitrogen functional groups attached to an aromatic ring is 1. The van der Waals surface area contributed by atoms with Gasteiger partial charge in [-0.3, -0.25) is 4.79 Å². The Morgan fingerprint density at radius 2 is 1.82 bits per heavy atom. The molecular weight excluding hydrogens is 358 g/mol. The van der Waals surface area contributed by atoms with Crippen LogP contribution >= 0.6 is 0 Å². The molecule has 3 N–H and O–H groups in total. The summed E-state index contributed by atoms with van der Waals surface area (Å²) in [6.07, 6.45) is 0. The lowest BCUT2D eigenvalue weighted by Gasteiger charge is -2.10. The van der Waals surface area contributed by atoms with Gasteiger partial charge >= 0.3 is 0 Å². The molecule has 0 saturated carbocycles. The lowest BCUT2D eigenvalue weighted by molar-refractivity contribution is 0.0943. The van der Waals surface area contributed by atoms with Crippen LogP contribution in [0, 0.1) is 0 Å². The second-order valence-corrected chi connectivity index (χ2v) is 6.50. The summed E-state index contributed by atoms with van der Waals surface area (Å²) in [5.41, 5.74) is 9.05. The first kappa shape index (κ1) is 19.5. The van der Waals surface area contributed by atoms with Gasteiger partial charge in [0, 0.05) is 24.3 Å². The SMILES string of the molecule is COCCOc1nc(N)nc2ccc(-c3ccc(C(=O)NC(C)C)cc3)nc12. The summed E-state index contributed by atoms with van der Waals surface area (Å²) in [5, 5.41) is 2.87. The van der Waals surface area contributed by atoms with E-state index in [1.807, 2.05) is 38.1 Å². The van der Waals surface area contributed by atoms with Crippen LogP contribution in [0.4, 0.5) is 5.95 Å². The summed E-state index contributed by atoms with van der Waals surface area (Å²) in [6, 6.07) is 11.0. The predicted molar refractivity (Wildman–Crippen MR) is 107 cm³/mol. The Labute approximate surface area is 163 Å². The number of benzene rings is 1. The summed E-state index contributed by atoms with van der Waals surface area (Å²) in [7, 11) is 1.59. The maximum absolute atomic E-state index is 12.1. The lowest BCUT2D eigenvalue weighted by Crippen LogP contribution is -2.29. The maximum atomic E-state index is 12.1. The number of nitrogens with one attached hydrogen (secondary N) is 1. The van der Waals surface area contributed by atoms with Crippen molar-refractivity contribution in [1.29, 1.82) is 0 Å². The third kappa shape index (κ3) is 4.52. The van der Waals surface area contributed by atoms with E-state index in [0.29, 0.717) is 41.4 Å². The van der Waals surface area contributed by atoms with E-state index >= 15 is 0 Å². The molecule has 0 unspecified atom stereocenters. The van der Waals surface area contributed by atoms with Crippen LogP contribution in [-0.4, -0.2) is 47.2 Å². The highest BCUT2D eigenvalue weighted by atomic mass is 16.5. The zero-order valence-corrected chi connectivity index (χ0v) is 16.1. The van der Waals surface area contributed by atoms with Gasteiger partial charge in [0.05, 0.1) is 17.8 Å².